The van der Waals surface area contributed by atoms with E-state index in [9.17, 15) is 5.11 Å². The second kappa shape index (κ2) is 6.80. The number of aliphatic hydroxyl groups is 1. The summed E-state index contributed by atoms with van der Waals surface area (Å²) in [7, 11) is 0. The predicted octanol–water partition coefficient (Wildman–Crippen LogP) is 3.05. The summed E-state index contributed by atoms with van der Waals surface area (Å²) < 4.78 is 0. The van der Waals surface area contributed by atoms with Gasteiger partial charge in [0.15, 0.2) is 0 Å². The second-order valence-corrected chi connectivity index (χ2v) is 5.86. The lowest BCUT2D eigenvalue weighted by atomic mass is 10.1. The van der Waals surface area contributed by atoms with Crippen LogP contribution in [0, 0.1) is 6.92 Å². The van der Waals surface area contributed by atoms with Crippen molar-refractivity contribution in [2.45, 2.75) is 39.0 Å². The molecule has 0 aliphatic rings. The van der Waals surface area contributed by atoms with E-state index in [2.05, 4.69) is 23.3 Å². The van der Waals surface area contributed by atoms with Gasteiger partial charge in [0, 0.05) is 23.7 Å². The molecule has 2 rings (SSSR count). The summed E-state index contributed by atoms with van der Waals surface area (Å²) in [5.41, 5.74) is 2.20. The van der Waals surface area contributed by atoms with Crippen LogP contribution >= 0.6 is 11.3 Å². The topological polar surface area (TPSA) is 45.1 Å². The molecule has 2 atom stereocenters. The minimum atomic E-state index is -0.381. The minimum absolute atomic E-state index is 0.250. The number of nitrogens with one attached hydrogen (secondary N) is 1. The number of aromatic nitrogens is 1. The van der Waals surface area contributed by atoms with Crippen LogP contribution in [0.1, 0.15) is 35.6 Å². The maximum atomic E-state index is 10.1. The van der Waals surface area contributed by atoms with Crippen LogP contribution in [-0.2, 0) is 6.54 Å². The molecule has 0 fully saturated rings. The van der Waals surface area contributed by atoms with Gasteiger partial charge in [0.1, 0.15) is 0 Å². The fraction of sp³-hybridized carbons (Fsp3) is 0.400. The Labute approximate surface area is 118 Å². The van der Waals surface area contributed by atoms with Gasteiger partial charge in [-0.2, -0.15) is 0 Å². The van der Waals surface area contributed by atoms with Crippen molar-refractivity contribution < 1.29 is 5.11 Å². The second-order valence-electron chi connectivity index (χ2n) is 4.88. The lowest BCUT2D eigenvalue weighted by Gasteiger charge is -2.17. The first-order valence-electron chi connectivity index (χ1n) is 6.51. The van der Waals surface area contributed by atoms with E-state index in [4.69, 9.17) is 0 Å². The molecule has 0 spiro atoms. The van der Waals surface area contributed by atoms with E-state index in [1.165, 1.54) is 5.56 Å². The van der Waals surface area contributed by atoms with Gasteiger partial charge in [-0.25, -0.2) is 0 Å². The summed E-state index contributed by atoms with van der Waals surface area (Å²) in [4.78, 5) is 5.39. The highest BCUT2D eigenvalue weighted by Crippen LogP contribution is 2.22. The van der Waals surface area contributed by atoms with Crippen molar-refractivity contribution in [1.29, 1.82) is 0 Å². The molecule has 102 valence electrons. The first-order chi connectivity index (χ1) is 9.15. The van der Waals surface area contributed by atoms with Crippen LogP contribution < -0.4 is 5.32 Å². The third-order valence-corrected chi connectivity index (χ3v) is 4.03. The third kappa shape index (κ3) is 4.42. The zero-order valence-electron chi connectivity index (χ0n) is 11.3. The number of aliphatic hydroxyl groups excluding tert-OH is 1. The normalized spacial score (nSPS) is 14.3. The number of aryl methyl sites for hydroxylation is 1. The van der Waals surface area contributed by atoms with Gasteiger partial charge in [0.25, 0.3) is 0 Å². The van der Waals surface area contributed by atoms with Gasteiger partial charge < -0.3 is 10.4 Å². The summed E-state index contributed by atoms with van der Waals surface area (Å²) in [5.74, 6) is 0. The molecule has 0 radical (unpaired) electrons. The van der Waals surface area contributed by atoms with Gasteiger partial charge in [-0.3, -0.25) is 4.98 Å². The SMILES string of the molecule is Cc1ccc(CN[C@@H](C)C[C@H](O)c2cccs2)nc1. The zero-order valence-corrected chi connectivity index (χ0v) is 12.2. The summed E-state index contributed by atoms with van der Waals surface area (Å²) in [6, 6.07) is 8.29. The van der Waals surface area contributed by atoms with Crippen LogP contribution in [0.25, 0.3) is 0 Å². The van der Waals surface area contributed by atoms with E-state index < -0.39 is 0 Å². The summed E-state index contributed by atoms with van der Waals surface area (Å²) in [6.45, 7) is 4.86. The van der Waals surface area contributed by atoms with Crippen molar-refractivity contribution >= 4 is 11.3 Å². The average Bonchev–Trinajstić information content (AvgIpc) is 2.92. The van der Waals surface area contributed by atoms with Crippen LogP contribution in [0.4, 0.5) is 0 Å². The Balaban J connectivity index is 1.78. The summed E-state index contributed by atoms with van der Waals surface area (Å²) in [5, 5.41) is 15.5. The highest BCUT2D eigenvalue weighted by molar-refractivity contribution is 7.10. The Morgan fingerprint density at radius 1 is 1.37 bits per heavy atom. The monoisotopic (exact) mass is 276 g/mol. The molecule has 0 aromatic carbocycles. The van der Waals surface area contributed by atoms with Crippen molar-refractivity contribution in [3.63, 3.8) is 0 Å². The van der Waals surface area contributed by atoms with Crippen molar-refractivity contribution in [1.82, 2.24) is 10.3 Å². The van der Waals surface area contributed by atoms with Gasteiger partial charge in [0.05, 0.1) is 11.8 Å². The van der Waals surface area contributed by atoms with E-state index in [0.717, 1.165) is 17.1 Å². The lowest BCUT2D eigenvalue weighted by Crippen LogP contribution is -2.27. The Hall–Kier alpha value is -1.23. The zero-order chi connectivity index (χ0) is 13.7. The van der Waals surface area contributed by atoms with Crippen molar-refractivity contribution in [2.75, 3.05) is 0 Å². The molecule has 2 aromatic rings. The molecular weight excluding hydrogens is 256 g/mol. The smallest absolute Gasteiger partial charge is 0.0896 e. The summed E-state index contributed by atoms with van der Waals surface area (Å²) in [6.07, 6.45) is 2.21. The number of rotatable bonds is 6. The standard InChI is InChI=1S/C15H20N2OS/c1-11-5-6-13(17-9-11)10-16-12(2)8-14(18)15-4-3-7-19-15/h3-7,9,12,14,16,18H,8,10H2,1-2H3/t12-,14-/m0/s1. The average molecular weight is 276 g/mol. The number of nitrogens with zero attached hydrogens (tertiary/aromatic N) is 1. The fourth-order valence-corrected chi connectivity index (χ4v) is 2.62. The largest absolute Gasteiger partial charge is 0.388 e. The van der Waals surface area contributed by atoms with Crippen LogP contribution in [0.3, 0.4) is 0 Å². The molecule has 4 heteroatoms. The summed E-state index contributed by atoms with van der Waals surface area (Å²) >= 11 is 1.60. The van der Waals surface area contributed by atoms with Gasteiger partial charge in [0.2, 0.25) is 0 Å². The first kappa shape index (κ1) is 14.2. The lowest BCUT2D eigenvalue weighted by molar-refractivity contribution is 0.157. The third-order valence-electron chi connectivity index (χ3n) is 3.05. The minimum Gasteiger partial charge on any atom is -0.388 e. The van der Waals surface area contributed by atoms with Gasteiger partial charge >= 0.3 is 0 Å². The molecule has 0 bridgehead atoms. The Morgan fingerprint density at radius 3 is 2.84 bits per heavy atom. The van der Waals surface area contributed by atoms with E-state index in [-0.39, 0.29) is 12.1 Å². The predicted molar refractivity (Wildman–Crippen MR) is 79.2 cm³/mol. The van der Waals surface area contributed by atoms with Gasteiger partial charge in [-0.15, -0.1) is 11.3 Å². The van der Waals surface area contributed by atoms with Crippen LogP contribution in [-0.4, -0.2) is 16.1 Å². The molecule has 0 saturated heterocycles. The molecule has 2 N–H and O–H groups in total. The molecule has 2 aromatic heterocycles. The van der Waals surface area contributed by atoms with E-state index >= 15 is 0 Å². The maximum absolute atomic E-state index is 10.1. The fourth-order valence-electron chi connectivity index (χ4n) is 1.90. The van der Waals surface area contributed by atoms with E-state index in [1.807, 2.05) is 36.7 Å². The molecule has 19 heavy (non-hydrogen) atoms. The first-order valence-corrected chi connectivity index (χ1v) is 7.39. The number of hydrogen-bond donors (Lipinski definition) is 2. The number of thiophene rings is 1. The van der Waals surface area contributed by atoms with Crippen LogP contribution in [0.2, 0.25) is 0 Å². The van der Waals surface area contributed by atoms with Crippen molar-refractivity contribution in [3.05, 3.63) is 52.0 Å². The quantitative estimate of drug-likeness (QED) is 0.852. The highest BCUT2D eigenvalue weighted by atomic mass is 32.1. The van der Waals surface area contributed by atoms with Crippen molar-refractivity contribution in [3.8, 4) is 0 Å². The highest BCUT2D eigenvalue weighted by Gasteiger charge is 2.12. The van der Waals surface area contributed by atoms with Crippen molar-refractivity contribution in [2.24, 2.45) is 0 Å². The Kier molecular flexibility index (Phi) is 5.07. The Bertz CT molecular complexity index is 481. The van der Waals surface area contributed by atoms with E-state index in [1.54, 1.807) is 11.3 Å². The molecular formula is C15H20N2OS. The molecule has 2 heterocycles. The molecule has 0 amide bonds. The van der Waals surface area contributed by atoms with Crippen LogP contribution in [0.5, 0.6) is 0 Å². The molecule has 0 aliphatic heterocycles. The van der Waals surface area contributed by atoms with Gasteiger partial charge in [-0.1, -0.05) is 12.1 Å². The molecule has 3 nitrogen and oxygen atoms in total. The molecule has 0 unspecified atom stereocenters. The van der Waals surface area contributed by atoms with Gasteiger partial charge in [-0.05, 0) is 43.3 Å². The number of hydrogen-bond acceptors (Lipinski definition) is 4. The Morgan fingerprint density at radius 2 is 2.21 bits per heavy atom. The van der Waals surface area contributed by atoms with Crippen LogP contribution in [0.15, 0.2) is 35.8 Å². The molecule has 0 aliphatic carbocycles. The molecule has 0 saturated carbocycles. The number of pyridine rings is 1. The van der Waals surface area contributed by atoms with E-state index in [0.29, 0.717) is 6.42 Å². The maximum Gasteiger partial charge on any atom is 0.0896 e.